The van der Waals surface area contributed by atoms with Crippen LogP contribution in [-0.4, -0.2) is 165 Å². The van der Waals surface area contributed by atoms with Crippen LogP contribution in [0.5, 0.6) is 0 Å². The minimum Gasteiger partial charge on any atom is -0.478 e. The molecular weight excluding hydrogens is 1220 g/mol. The Labute approximate surface area is 557 Å². The van der Waals surface area contributed by atoms with Crippen LogP contribution < -0.4 is 21.7 Å². The third-order valence-electron chi connectivity index (χ3n) is 14.5. The van der Waals surface area contributed by atoms with Gasteiger partial charge in [-0.25, -0.2) is 19.4 Å². The van der Waals surface area contributed by atoms with Gasteiger partial charge in [-0.3, -0.25) is 49.3 Å². The minimum atomic E-state index is -0.994. The van der Waals surface area contributed by atoms with Crippen LogP contribution in [0.15, 0.2) is 123 Å². The summed E-state index contributed by atoms with van der Waals surface area (Å²) in [5.41, 5.74) is 13.6. The number of carbonyl (C=O) groups is 6. The van der Waals surface area contributed by atoms with E-state index in [0.29, 0.717) is 40.5 Å². The fourth-order valence-electron chi connectivity index (χ4n) is 9.64. The SMILES string of the molecule is C=CC(=O)Nc1ccc(C(=O)N2CC[C@@H](Cc3cnc(C)cn3)C2)cc1.C=CC(=O)Nc1ccc(C(=O)O)cc1.CC(C)(C)OC(=O)N1CC[C@@H](N)C1.Cc1cnc(C[C@@H]2CCN(C(=O)OC(C)(C)C)C2)cn1.Cc1cnc(C[C@@H]2CCNC2)cn1.Cc1cnc(Cl)cn1. The predicted octanol–water partition coefficient (Wildman–Crippen LogP) is 10.0. The normalized spacial score (nSPS) is 17.0. The molecule has 6 aromatic rings. The molecular formula is C69H92ClN15O9. The van der Waals surface area contributed by atoms with E-state index >= 15 is 0 Å². The number of carboxylic acid groups (broad SMARTS) is 1. The molecule has 4 aromatic heterocycles. The number of rotatable bonds is 12. The Morgan fingerprint density at radius 1 is 0.553 bits per heavy atom. The molecule has 4 aliphatic heterocycles. The molecule has 8 heterocycles. The lowest BCUT2D eigenvalue weighted by atomic mass is 10.0. The highest BCUT2D eigenvalue weighted by Crippen LogP contribution is 2.25. The van der Waals surface area contributed by atoms with Gasteiger partial charge in [0, 0.05) is 106 Å². The maximum absolute atomic E-state index is 12.7. The molecule has 0 aliphatic carbocycles. The highest BCUT2D eigenvalue weighted by molar-refractivity contribution is 6.29. The summed E-state index contributed by atoms with van der Waals surface area (Å²) >= 11 is 5.44. The van der Waals surface area contributed by atoms with Crippen LogP contribution in [0.3, 0.4) is 0 Å². The summed E-state index contributed by atoms with van der Waals surface area (Å²) in [7, 11) is 0. The largest absolute Gasteiger partial charge is 0.478 e. The monoisotopic (exact) mass is 1310 g/mol. The molecule has 24 nitrogen and oxygen atoms in total. The Morgan fingerprint density at radius 3 is 1.30 bits per heavy atom. The first-order valence-electron chi connectivity index (χ1n) is 31.3. The van der Waals surface area contributed by atoms with E-state index in [9.17, 15) is 28.8 Å². The number of likely N-dealkylation sites (tertiary alicyclic amines) is 3. The molecule has 0 unspecified atom stereocenters. The molecule has 6 N–H and O–H groups in total. The molecule has 0 bridgehead atoms. The number of aromatic carboxylic acids is 1. The van der Waals surface area contributed by atoms with E-state index in [4.69, 9.17) is 31.9 Å². The molecule has 0 spiro atoms. The Morgan fingerprint density at radius 2 is 0.947 bits per heavy atom. The Bertz CT molecular complexity index is 3360. The van der Waals surface area contributed by atoms with Crippen molar-refractivity contribution in [2.45, 2.75) is 131 Å². The quantitative estimate of drug-likeness (QED) is 0.0711. The first-order chi connectivity index (χ1) is 44.5. The van der Waals surface area contributed by atoms with E-state index in [1.165, 1.54) is 43.0 Å². The van der Waals surface area contributed by atoms with Crippen molar-refractivity contribution >= 4 is 58.9 Å². The predicted molar refractivity (Wildman–Crippen MR) is 362 cm³/mol. The third kappa shape index (κ3) is 28.8. The highest BCUT2D eigenvalue weighted by Gasteiger charge is 2.31. The lowest BCUT2D eigenvalue weighted by Gasteiger charge is -2.24. The van der Waals surface area contributed by atoms with Crippen molar-refractivity contribution in [3.8, 4) is 0 Å². The zero-order chi connectivity index (χ0) is 69.0. The molecule has 4 fully saturated rings. The summed E-state index contributed by atoms with van der Waals surface area (Å²) < 4.78 is 10.6. The molecule has 0 saturated carbocycles. The number of halogens is 1. The second-order valence-corrected chi connectivity index (χ2v) is 25.6. The lowest BCUT2D eigenvalue weighted by Crippen LogP contribution is -2.36. The van der Waals surface area contributed by atoms with E-state index in [-0.39, 0.29) is 41.5 Å². The topological polar surface area (TPSA) is 316 Å². The number of aromatic nitrogens is 8. The Hall–Kier alpha value is -9.13. The van der Waals surface area contributed by atoms with Gasteiger partial charge in [-0.05, 0) is 206 Å². The van der Waals surface area contributed by atoms with Gasteiger partial charge in [0.15, 0.2) is 0 Å². The second-order valence-electron chi connectivity index (χ2n) is 25.2. The number of nitrogens with one attached hydrogen (secondary N) is 3. The van der Waals surface area contributed by atoms with E-state index in [2.05, 4.69) is 69.0 Å². The molecule has 94 heavy (non-hydrogen) atoms. The maximum Gasteiger partial charge on any atom is 0.410 e. The fraction of sp³-hybridized carbons (Fsp3) is 0.449. The van der Waals surface area contributed by atoms with Crippen LogP contribution in [0, 0.1) is 45.4 Å². The molecule has 10 rings (SSSR count). The van der Waals surface area contributed by atoms with Crippen molar-refractivity contribution in [3.05, 3.63) is 180 Å². The molecule has 504 valence electrons. The van der Waals surface area contributed by atoms with Crippen molar-refractivity contribution in [2.24, 2.45) is 23.5 Å². The van der Waals surface area contributed by atoms with Crippen LogP contribution in [0.1, 0.15) is 128 Å². The minimum absolute atomic E-state index is 0.0177. The summed E-state index contributed by atoms with van der Waals surface area (Å²) in [6.45, 7) is 32.2. The summed E-state index contributed by atoms with van der Waals surface area (Å²) in [4.78, 5) is 108. The number of anilines is 2. The van der Waals surface area contributed by atoms with Gasteiger partial charge < -0.3 is 51.0 Å². The van der Waals surface area contributed by atoms with Crippen molar-refractivity contribution in [2.75, 3.05) is 63.0 Å². The molecule has 4 atom stereocenters. The van der Waals surface area contributed by atoms with Gasteiger partial charge in [0.1, 0.15) is 16.4 Å². The molecule has 4 saturated heterocycles. The van der Waals surface area contributed by atoms with Gasteiger partial charge in [0.25, 0.3) is 5.91 Å². The zero-order valence-electron chi connectivity index (χ0n) is 55.8. The van der Waals surface area contributed by atoms with E-state index in [0.717, 1.165) is 136 Å². The van der Waals surface area contributed by atoms with E-state index in [1.807, 2.05) is 98.9 Å². The average molecular weight is 1310 g/mol. The highest BCUT2D eigenvalue weighted by atomic mass is 35.5. The Balaban J connectivity index is 0.000000212. The number of hydrogen-bond donors (Lipinski definition) is 5. The number of carboxylic acids is 1. The van der Waals surface area contributed by atoms with Crippen molar-refractivity contribution < 1.29 is 43.3 Å². The summed E-state index contributed by atoms with van der Waals surface area (Å²) in [5, 5.41) is 17.6. The Kier molecular flexibility index (Phi) is 30.2. The van der Waals surface area contributed by atoms with Gasteiger partial charge in [-0.2, -0.15) is 0 Å². The third-order valence-corrected chi connectivity index (χ3v) is 14.7. The smallest absolute Gasteiger partial charge is 0.410 e. The number of benzene rings is 2. The second kappa shape index (κ2) is 37.5. The number of aryl methyl sites for hydroxylation is 4. The van der Waals surface area contributed by atoms with Crippen LogP contribution in [0.2, 0.25) is 5.15 Å². The van der Waals surface area contributed by atoms with Gasteiger partial charge >= 0.3 is 18.2 Å². The van der Waals surface area contributed by atoms with Crippen LogP contribution in [0.25, 0.3) is 0 Å². The van der Waals surface area contributed by atoms with E-state index < -0.39 is 17.2 Å². The number of hydrogen-bond acceptors (Lipinski definition) is 18. The standard InChI is InChI=1S/C20H22N4O2.C15H23N3O2.C10H15N3.C10H9NO3.C9H18N2O2.C5H5ClN2/c1-3-19(25)23-17-6-4-16(5-7-17)20(26)24-9-8-15(13-24)10-18-12-21-14(2)11-22-18;1-11-8-17-13(9-16-11)7-12-5-6-18(10-12)14(19)20-15(2,3)4;1-8-5-13-10(7-12-8)4-9-2-3-11-6-9;1-2-9(12)11-8-5-3-7(4-6-8)10(13)14;1-9(2,3)13-8(12)11-5-4-7(10)6-11;1-4-2-8-5(6)3-7-4/h3-7,11-12,15H,1,8-10,13H2,2H3,(H,23,25);8-9,12H,5-7,10H2,1-4H3;5,7,9,11H,2-4,6H2,1H3;2-6H,1H2,(H,11,12)(H,13,14);7H,4-6,10H2,1-3H3;2-3H,1H3/t15-;12-;9-;;7-;/m000.1./s1. The maximum atomic E-state index is 12.7. The number of nitrogens with two attached hydrogens (primary N) is 1. The molecule has 2 aromatic carbocycles. The van der Waals surface area contributed by atoms with Gasteiger partial charge in [-0.1, -0.05) is 24.8 Å². The number of amides is 5. The van der Waals surface area contributed by atoms with Crippen LogP contribution in [-0.2, 0) is 38.3 Å². The van der Waals surface area contributed by atoms with E-state index in [1.54, 1.807) is 52.7 Å². The number of ether oxygens (including phenoxy) is 2. The molecule has 25 heteroatoms. The van der Waals surface area contributed by atoms with Crippen molar-refractivity contribution in [1.82, 2.24) is 59.9 Å². The first-order valence-corrected chi connectivity index (χ1v) is 31.7. The fourth-order valence-corrected chi connectivity index (χ4v) is 9.74. The molecule has 4 aliphatic rings. The zero-order valence-corrected chi connectivity index (χ0v) is 56.6. The summed E-state index contributed by atoms with van der Waals surface area (Å²) in [6.07, 6.45) is 22.9. The number of carbonyl (C=O) groups excluding carboxylic acids is 5. The average Bonchev–Trinajstić information content (AvgIpc) is 1.70. The van der Waals surface area contributed by atoms with Gasteiger partial charge in [-0.15, -0.1) is 0 Å². The van der Waals surface area contributed by atoms with Crippen molar-refractivity contribution in [1.29, 1.82) is 0 Å². The lowest BCUT2D eigenvalue weighted by molar-refractivity contribution is -0.112. The van der Waals surface area contributed by atoms with Gasteiger partial charge in [0.2, 0.25) is 11.8 Å². The van der Waals surface area contributed by atoms with Crippen LogP contribution in [0.4, 0.5) is 21.0 Å². The number of nitrogens with zero attached hydrogens (tertiary/aromatic N) is 11. The summed E-state index contributed by atoms with van der Waals surface area (Å²) in [5.74, 6) is 0.0352. The van der Waals surface area contributed by atoms with Crippen LogP contribution >= 0.6 is 11.6 Å². The first kappa shape index (κ1) is 75.6. The summed E-state index contributed by atoms with van der Waals surface area (Å²) in [6, 6.07) is 12.9. The molecule has 5 amide bonds. The molecule has 0 radical (unpaired) electrons. The van der Waals surface area contributed by atoms with Crippen molar-refractivity contribution in [3.63, 3.8) is 0 Å². The van der Waals surface area contributed by atoms with Gasteiger partial charge in [0.05, 0.1) is 51.6 Å².